The van der Waals surface area contributed by atoms with Crippen LogP contribution in [0.15, 0.2) is 58.1 Å². The monoisotopic (exact) mass is 441 g/mol. The lowest BCUT2D eigenvalue weighted by Crippen LogP contribution is -2.51. The minimum Gasteiger partial charge on any atom is -0.459 e. The van der Waals surface area contributed by atoms with Crippen molar-refractivity contribution in [3.63, 3.8) is 0 Å². The standard InChI is InChI=1S/C22H23N3O5S/c1-14(2)18(24-19(26)16-9-6-12-30-16)20(27)23-10-11-25-21(28)17(31-22(25)29)13-15-7-4-3-5-8-15/h3-9,12-14,18H,10-11H2,1-2H3,(H,23,27)(H,24,26)/b17-13-/t18-/m0/s1. The predicted molar refractivity (Wildman–Crippen MR) is 117 cm³/mol. The van der Waals surface area contributed by atoms with E-state index >= 15 is 0 Å². The van der Waals surface area contributed by atoms with Gasteiger partial charge in [-0.05, 0) is 41.5 Å². The van der Waals surface area contributed by atoms with Gasteiger partial charge < -0.3 is 15.1 Å². The van der Waals surface area contributed by atoms with Gasteiger partial charge in [-0.1, -0.05) is 44.2 Å². The first-order valence-corrected chi connectivity index (χ1v) is 10.6. The van der Waals surface area contributed by atoms with E-state index in [0.29, 0.717) is 4.91 Å². The van der Waals surface area contributed by atoms with Crippen LogP contribution in [0.5, 0.6) is 0 Å². The molecule has 8 nitrogen and oxygen atoms in total. The summed E-state index contributed by atoms with van der Waals surface area (Å²) in [6.45, 7) is 3.73. The second-order valence-electron chi connectivity index (χ2n) is 7.21. The predicted octanol–water partition coefficient (Wildman–Crippen LogP) is 2.89. The molecular weight excluding hydrogens is 418 g/mol. The molecule has 0 spiro atoms. The Labute approximate surface area is 184 Å². The van der Waals surface area contributed by atoms with Crippen LogP contribution >= 0.6 is 11.8 Å². The number of rotatable bonds is 8. The molecule has 9 heteroatoms. The van der Waals surface area contributed by atoms with E-state index in [4.69, 9.17) is 4.42 Å². The van der Waals surface area contributed by atoms with E-state index < -0.39 is 17.9 Å². The number of amides is 4. The summed E-state index contributed by atoms with van der Waals surface area (Å²) < 4.78 is 5.05. The van der Waals surface area contributed by atoms with Gasteiger partial charge in [-0.3, -0.25) is 24.1 Å². The molecule has 4 amide bonds. The Morgan fingerprint density at radius 3 is 2.52 bits per heavy atom. The number of nitrogens with one attached hydrogen (secondary N) is 2. The number of carbonyl (C=O) groups excluding carboxylic acids is 4. The van der Waals surface area contributed by atoms with Gasteiger partial charge in [0.25, 0.3) is 17.1 Å². The summed E-state index contributed by atoms with van der Waals surface area (Å²) in [4.78, 5) is 51.0. The highest BCUT2D eigenvalue weighted by Gasteiger charge is 2.35. The number of furan rings is 1. The molecule has 0 aliphatic carbocycles. The Bertz CT molecular complexity index is 986. The maximum absolute atomic E-state index is 12.6. The minimum atomic E-state index is -0.787. The van der Waals surface area contributed by atoms with E-state index in [1.165, 1.54) is 12.3 Å². The normalized spacial score (nSPS) is 16.1. The number of thioether (sulfide) groups is 1. The maximum atomic E-state index is 12.6. The molecule has 2 aromatic rings. The molecule has 0 unspecified atom stereocenters. The SMILES string of the molecule is CC(C)[C@H](NC(=O)c1ccco1)C(=O)NCCN1C(=O)S/C(=C\c2ccccc2)C1=O. The third-order valence-corrected chi connectivity index (χ3v) is 5.49. The van der Waals surface area contributed by atoms with E-state index in [1.54, 1.807) is 26.0 Å². The van der Waals surface area contributed by atoms with Crippen molar-refractivity contribution < 1.29 is 23.6 Å². The minimum absolute atomic E-state index is 0.0412. The fraction of sp³-hybridized carbons (Fsp3) is 0.273. The summed E-state index contributed by atoms with van der Waals surface area (Å²) in [5.41, 5.74) is 0.827. The molecule has 2 N–H and O–H groups in total. The first kappa shape index (κ1) is 22.4. The van der Waals surface area contributed by atoms with Crippen LogP contribution in [-0.4, -0.2) is 47.0 Å². The van der Waals surface area contributed by atoms with Crippen molar-refractivity contribution in [3.05, 3.63) is 65.0 Å². The number of hydrogen-bond donors (Lipinski definition) is 2. The van der Waals surface area contributed by atoms with Crippen molar-refractivity contribution in [2.24, 2.45) is 5.92 Å². The van der Waals surface area contributed by atoms with Crippen LogP contribution in [0.25, 0.3) is 6.08 Å². The van der Waals surface area contributed by atoms with Crippen LogP contribution in [0.4, 0.5) is 4.79 Å². The first-order chi connectivity index (χ1) is 14.9. The maximum Gasteiger partial charge on any atom is 0.293 e. The van der Waals surface area contributed by atoms with Crippen LogP contribution in [0, 0.1) is 5.92 Å². The fourth-order valence-corrected chi connectivity index (χ4v) is 3.81. The third-order valence-electron chi connectivity index (χ3n) is 4.59. The van der Waals surface area contributed by atoms with E-state index in [1.807, 2.05) is 30.3 Å². The number of nitrogens with zero attached hydrogens (tertiary/aromatic N) is 1. The molecule has 162 valence electrons. The summed E-state index contributed by atoms with van der Waals surface area (Å²) in [6, 6.07) is 11.6. The lowest BCUT2D eigenvalue weighted by Gasteiger charge is -2.22. The highest BCUT2D eigenvalue weighted by atomic mass is 32.2. The van der Waals surface area contributed by atoms with E-state index in [2.05, 4.69) is 10.6 Å². The molecule has 1 aromatic carbocycles. The second kappa shape index (κ2) is 10.1. The van der Waals surface area contributed by atoms with Crippen molar-refractivity contribution in [1.82, 2.24) is 15.5 Å². The van der Waals surface area contributed by atoms with Gasteiger partial charge in [0.15, 0.2) is 5.76 Å². The van der Waals surface area contributed by atoms with Crippen molar-refractivity contribution in [3.8, 4) is 0 Å². The van der Waals surface area contributed by atoms with Gasteiger partial charge in [-0.25, -0.2) is 0 Å². The average molecular weight is 442 g/mol. The molecule has 1 aliphatic rings. The summed E-state index contributed by atoms with van der Waals surface area (Å²) in [5, 5.41) is 4.95. The molecular formula is C22H23N3O5S. The van der Waals surface area contributed by atoms with E-state index in [9.17, 15) is 19.2 Å². The molecule has 2 heterocycles. The molecule has 1 aliphatic heterocycles. The largest absolute Gasteiger partial charge is 0.459 e. The van der Waals surface area contributed by atoms with E-state index in [-0.39, 0.29) is 35.9 Å². The zero-order chi connectivity index (χ0) is 22.4. The topological polar surface area (TPSA) is 109 Å². The average Bonchev–Trinajstić information content (AvgIpc) is 3.37. The third kappa shape index (κ3) is 5.64. The molecule has 1 fully saturated rings. The smallest absolute Gasteiger partial charge is 0.293 e. The second-order valence-corrected chi connectivity index (χ2v) is 8.20. The summed E-state index contributed by atoms with van der Waals surface area (Å²) >= 11 is 0.872. The van der Waals surface area contributed by atoms with E-state index in [0.717, 1.165) is 22.2 Å². The molecule has 0 radical (unpaired) electrons. The Kier molecular flexibility index (Phi) is 7.30. The van der Waals surface area contributed by atoms with Crippen molar-refractivity contribution in [2.75, 3.05) is 13.1 Å². The number of carbonyl (C=O) groups is 4. The lowest BCUT2D eigenvalue weighted by molar-refractivity contribution is -0.125. The highest BCUT2D eigenvalue weighted by molar-refractivity contribution is 8.18. The van der Waals surface area contributed by atoms with Crippen LogP contribution in [0.2, 0.25) is 0 Å². The Morgan fingerprint density at radius 2 is 1.87 bits per heavy atom. The molecule has 1 aromatic heterocycles. The van der Waals surface area contributed by atoms with Gasteiger partial charge in [0.1, 0.15) is 6.04 Å². The van der Waals surface area contributed by atoms with Gasteiger partial charge in [0.2, 0.25) is 5.91 Å². The van der Waals surface area contributed by atoms with Gasteiger partial charge in [-0.2, -0.15) is 0 Å². The summed E-state index contributed by atoms with van der Waals surface area (Å²) in [5.74, 6) is -1.34. The quantitative estimate of drug-likeness (QED) is 0.610. The summed E-state index contributed by atoms with van der Waals surface area (Å²) in [7, 11) is 0. The molecule has 0 bridgehead atoms. The van der Waals surface area contributed by atoms with Crippen LogP contribution in [0.1, 0.15) is 30.0 Å². The van der Waals surface area contributed by atoms with Gasteiger partial charge in [0.05, 0.1) is 11.2 Å². The number of hydrogen-bond acceptors (Lipinski definition) is 6. The molecule has 3 rings (SSSR count). The van der Waals surface area contributed by atoms with Crippen LogP contribution in [0.3, 0.4) is 0 Å². The zero-order valence-electron chi connectivity index (χ0n) is 17.2. The number of imide groups is 1. The van der Waals surface area contributed by atoms with Crippen LogP contribution < -0.4 is 10.6 Å². The van der Waals surface area contributed by atoms with Gasteiger partial charge in [0, 0.05) is 13.1 Å². The van der Waals surface area contributed by atoms with Crippen molar-refractivity contribution in [1.29, 1.82) is 0 Å². The van der Waals surface area contributed by atoms with Gasteiger partial charge >= 0.3 is 0 Å². The number of benzene rings is 1. The van der Waals surface area contributed by atoms with Crippen LogP contribution in [-0.2, 0) is 9.59 Å². The lowest BCUT2D eigenvalue weighted by atomic mass is 10.0. The van der Waals surface area contributed by atoms with Gasteiger partial charge in [-0.15, -0.1) is 0 Å². The Hall–Kier alpha value is -3.33. The molecule has 0 saturated carbocycles. The molecule has 1 atom stereocenters. The van der Waals surface area contributed by atoms with Crippen molar-refractivity contribution in [2.45, 2.75) is 19.9 Å². The Morgan fingerprint density at radius 1 is 1.13 bits per heavy atom. The zero-order valence-corrected chi connectivity index (χ0v) is 18.0. The fourth-order valence-electron chi connectivity index (χ4n) is 2.95. The first-order valence-electron chi connectivity index (χ1n) is 9.79. The van der Waals surface area contributed by atoms with Crippen molar-refractivity contribution >= 4 is 40.8 Å². The molecule has 31 heavy (non-hydrogen) atoms. The molecule has 1 saturated heterocycles. The Balaban J connectivity index is 1.55. The summed E-state index contributed by atoms with van der Waals surface area (Å²) in [6.07, 6.45) is 3.05. The highest BCUT2D eigenvalue weighted by Crippen LogP contribution is 2.31.